The molecule has 11 heavy (non-hydrogen) atoms. The Morgan fingerprint density at radius 2 is 2.55 bits per heavy atom. The molecule has 0 aromatic heterocycles. The molecular formula is C9H17NO. The molecule has 1 aliphatic rings. The quantitative estimate of drug-likeness (QED) is 0.616. The second-order valence-electron chi connectivity index (χ2n) is 3.07. The van der Waals surface area contributed by atoms with Crippen LogP contribution in [-0.4, -0.2) is 26.8 Å². The molecule has 2 nitrogen and oxygen atoms in total. The minimum Gasteiger partial charge on any atom is -0.381 e. The van der Waals surface area contributed by atoms with Gasteiger partial charge in [0.1, 0.15) is 0 Å². The van der Waals surface area contributed by atoms with Crippen LogP contribution in [0.2, 0.25) is 0 Å². The van der Waals surface area contributed by atoms with Crippen molar-refractivity contribution in [1.82, 2.24) is 5.32 Å². The number of hydrogen-bond donors (Lipinski definition) is 1. The Hall–Kier alpha value is -0.340. The predicted molar refractivity (Wildman–Crippen MR) is 46.6 cm³/mol. The topological polar surface area (TPSA) is 21.3 Å². The van der Waals surface area contributed by atoms with Crippen molar-refractivity contribution in [2.75, 3.05) is 26.8 Å². The first-order valence-electron chi connectivity index (χ1n) is 4.24. The van der Waals surface area contributed by atoms with Gasteiger partial charge >= 0.3 is 0 Å². The normalized spacial score (nSPS) is 23.9. The van der Waals surface area contributed by atoms with Gasteiger partial charge in [0, 0.05) is 12.5 Å². The van der Waals surface area contributed by atoms with Crippen LogP contribution in [0.4, 0.5) is 0 Å². The first-order valence-corrected chi connectivity index (χ1v) is 4.24. The Balaban J connectivity index is 2.17. The van der Waals surface area contributed by atoms with E-state index in [0.717, 1.165) is 26.2 Å². The molecule has 0 aromatic carbocycles. The summed E-state index contributed by atoms with van der Waals surface area (Å²) < 4.78 is 5.28. The van der Waals surface area contributed by atoms with E-state index in [9.17, 15) is 0 Å². The summed E-state index contributed by atoms with van der Waals surface area (Å²) in [5.41, 5.74) is 1.34. The number of ether oxygens (including phenoxy) is 1. The highest BCUT2D eigenvalue weighted by Gasteiger charge is 2.17. The van der Waals surface area contributed by atoms with Gasteiger partial charge in [0.15, 0.2) is 0 Å². The first-order chi connectivity index (χ1) is 5.34. The van der Waals surface area contributed by atoms with E-state index in [4.69, 9.17) is 4.74 Å². The van der Waals surface area contributed by atoms with E-state index >= 15 is 0 Å². The third-order valence-corrected chi connectivity index (χ3v) is 2.20. The monoisotopic (exact) mass is 155 g/mol. The van der Waals surface area contributed by atoms with Crippen molar-refractivity contribution in [3.05, 3.63) is 12.2 Å². The van der Waals surface area contributed by atoms with Gasteiger partial charge in [-0.1, -0.05) is 12.2 Å². The summed E-state index contributed by atoms with van der Waals surface area (Å²) in [6.45, 7) is 6.90. The molecule has 0 aliphatic carbocycles. The fourth-order valence-corrected chi connectivity index (χ4v) is 1.35. The van der Waals surface area contributed by atoms with E-state index < -0.39 is 0 Å². The van der Waals surface area contributed by atoms with Gasteiger partial charge in [-0.15, -0.1) is 0 Å². The summed E-state index contributed by atoms with van der Waals surface area (Å²) in [4.78, 5) is 0. The molecule has 0 spiro atoms. The summed E-state index contributed by atoms with van der Waals surface area (Å²) in [6.07, 6.45) is 2.26. The zero-order valence-corrected chi connectivity index (χ0v) is 7.23. The molecule has 1 rings (SSSR count). The van der Waals surface area contributed by atoms with Crippen molar-refractivity contribution in [2.24, 2.45) is 5.92 Å². The minimum atomic E-state index is 0.628. The Bertz CT molecular complexity index is 128. The zero-order valence-electron chi connectivity index (χ0n) is 7.23. The highest BCUT2D eigenvalue weighted by atomic mass is 16.5. The van der Waals surface area contributed by atoms with Gasteiger partial charge < -0.3 is 10.1 Å². The third kappa shape index (κ3) is 2.64. The first kappa shape index (κ1) is 8.75. The molecule has 64 valence electrons. The van der Waals surface area contributed by atoms with Crippen molar-refractivity contribution in [3.63, 3.8) is 0 Å². The lowest BCUT2D eigenvalue weighted by Crippen LogP contribution is -2.12. The largest absolute Gasteiger partial charge is 0.381 e. The minimum absolute atomic E-state index is 0.628. The van der Waals surface area contributed by atoms with Gasteiger partial charge in [-0.3, -0.25) is 0 Å². The Labute approximate surface area is 68.6 Å². The SMILES string of the molecule is C=C(CCNC)C1CCOC1. The Morgan fingerprint density at radius 1 is 1.73 bits per heavy atom. The summed E-state index contributed by atoms with van der Waals surface area (Å²) >= 11 is 0. The number of nitrogens with one attached hydrogen (secondary N) is 1. The molecule has 1 unspecified atom stereocenters. The molecule has 0 amide bonds. The van der Waals surface area contributed by atoms with Crippen LogP contribution in [0.3, 0.4) is 0 Å². The molecule has 1 saturated heterocycles. The Kier molecular flexibility index (Phi) is 3.60. The summed E-state index contributed by atoms with van der Waals surface area (Å²) in [7, 11) is 1.97. The predicted octanol–water partition coefficient (Wildman–Crippen LogP) is 1.19. The average Bonchev–Trinajstić information content (AvgIpc) is 2.52. The van der Waals surface area contributed by atoms with Gasteiger partial charge in [0.2, 0.25) is 0 Å². The van der Waals surface area contributed by atoms with Crippen LogP contribution in [0.15, 0.2) is 12.2 Å². The maximum Gasteiger partial charge on any atom is 0.0532 e. The van der Waals surface area contributed by atoms with Crippen LogP contribution >= 0.6 is 0 Å². The standard InChI is InChI=1S/C9H17NO/c1-8(3-5-10-2)9-4-6-11-7-9/h9-10H,1,3-7H2,2H3. The van der Waals surface area contributed by atoms with Crippen molar-refractivity contribution in [1.29, 1.82) is 0 Å². The molecular weight excluding hydrogens is 138 g/mol. The van der Waals surface area contributed by atoms with Crippen LogP contribution < -0.4 is 5.32 Å². The summed E-state index contributed by atoms with van der Waals surface area (Å²) in [5.74, 6) is 0.628. The van der Waals surface area contributed by atoms with E-state index in [2.05, 4.69) is 11.9 Å². The second kappa shape index (κ2) is 4.52. The van der Waals surface area contributed by atoms with E-state index in [1.807, 2.05) is 7.05 Å². The fraction of sp³-hybridized carbons (Fsp3) is 0.778. The van der Waals surface area contributed by atoms with Crippen LogP contribution in [-0.2, 0) is 4.74 Å². The lowest BCUT2D eigenvalue weighted by atomic mass is 9.97. The van der Waals surface area contributed by atoms with Crippen LogP contribution in [0, 0.1) is 5.92 Å². The van der Waals surface area contributed by atoms with E-state index in [-0.39, 0.29) is 0 Å². The van der Waals surface area contributed by atoms with Crippen LogP contribution in [0.5, 0.6) is 0 Å². The molecule has 1 fully saturated rings. The average molecular weight is 155 g/mol. The Morgan fingerprint density at radius 3 is 3.09 bits per heavy atom. The van der Waals surface area contributed by atoms with Gasteiger partial charge in [0.25, 0.3) is 0 Å². The highest BCUT2D eigenvalue weighted by molar-refractivity contribution is 5.02. The van der Waals surface area contributed by atoms with Gasteiger partial charge in [-0.2, -0.15) is 0 Å². The summed E-state index contributed by atoms with van der Waals surface area (Å²) in [5, 5.41) is 3.12. The van der Waals surface area contributed by atoms with Crippen molar-refractivity contribution < 1.29 is 4.74 Å². The van der Waals surface area contributed by atoms with Crippen LogP contribution in [0.1, 0.15) is 12.8 Å². The molecule has 1 N–H and O–H groups in total. The molecule has 0 aromatic rings. The highest BCUT2D eigenvalue weighted by Crippen LogP contribution is 2.21. The van der Waals surface area contributed by atoms with Gasteiger partial charge in [-0.05, 0) is 26.4 Å². The van der Waals surface area contributed by atoms with E-state index in [1.54, 1.807) is 0 Å². The molecule has 1 atom stereocenters. The fourth-order valence-electron chi connectivity index (χ4n) is 1.35. The third-order valence-electron chi connectivity index (χ3n) is 2.20. The lowest BCUT2D eigenvalue weighted by molar-refractivity contribution is 0.190. The van der Waals surface area contributed by atoms with E-state index in [0.29, 0.717) is 5.92 Å². The molecule has 2 heteroatoms. The second-order valence-corrected chi connectivity index (χ2v) is 3.07. The maximum absolute atomic E-state index is 5.28. The molecule has 1 heterocycles. The van der Waals surface area contributed by atoms with Crippen molar-refractivity contribution in [3.8, 4) is 0 Å². The van der Waals surface area contributed by atoms with Gasteiger partial charge in [0.05, 0.1) is 6.61 Å². The number of rotatable bonds is 4. The van der Waals surface area contributed by atoms with Crippen molar-refractivity contribution >= 4 is 0 Å². The van der Waals surface area contributed by atoms with E-state index in [1.165, 1.54) is 12.0 Å². The maximum atomic E-state index is 5.28. The molecule has 0 saturated carbocycles. The van der Waals surface area contributed by atoms with Gasteiger partial charge in [-0.25, -0.2) is 0 Å². The lowest BCUT2D eigenvalue weighted by Gasteiger charge is -2.10. The molecule has 1 aliphatic heterocycles. The molecule has 0 bridgehead atoms. The summed E-state index contributed by atoms with van der Waals surface area (Å²) in [6, 6.07) is 0. The van der Waals surface area contributed by atoms with Crippen LogP contribution in [0.25, 0.3) is 0 Å². The zero-order chi connectivity index (χ0) is 8.10. The molecule has 0 radical (unpaired) electrons. The number of hydrogen-bond acceptors (Lipinski definition) is 2. The smallest absolute Gasteiger partial charge is 0.0532 e. The van der Waals surface area contributed by atoms with Crippen molar-refractivity contribution in [2.45, 2.75) is 12.8 Å².